The fourth-order valence-electron chi connectivity index (χ4n) is 2.40. The van der Waals surface area contributed by atoms with Crippen molar-refractivity contribution in [3.8, 4) is 0 Å². The van der Waals surface area contributed by atoms with E-state index in [1.165, 1.54) is 12.8 Å². The monoisotopic (exact) mass is 143 g/mol. The Morgan fingerprint density at radius 2 is 2.40 bits per heavy atom. The van der Waals surface area contributed by atoms with Crippen molar-refractivity contribution in [1.29, 1.82) is 0 Å². The second kappa shape index (κ2) is 1.94. The average Bonchev–Trinajstić information content (AvgIpc) is 2.20. The smallest absolute Gasteiger partial charge is 0.115 e. The van der Waals surface area contributed by atoms with Crippen LogP contribution < -0.4 is 0 Å². The zero-order valence-corrected chi connectivity index (χ0v) is 6.44. The lowest BCUT2D eigenvalue weighted by atomic mass is 9.97. The first-order chi connectivity index (χ1) is 4.71. The number of hydrogen-bond acceptors (Lipinski definition) is 1. The van der Waals surface area contributed by atoms with Gasteiger partial charge in [-0.3, -0.25) is 4.90 Å². The number of rotatable bonds is 0. The quantitative estimate of drug-likeness (QED) is 0.497. The summed E-state index contributed by atoms with van der Waals surface area (Å²) in [5.74, 6) is 0. The molecular weight excluding hydrogens is 129 g/mol. The molecule has 2 rings (SSSR count). The van der Waals surface area contributed by atoms with Crippen molar-refractivity contribution >= 4 is 0 Å². The van der Waals surface area contributed by atoms with Crippen LogP contribution >= 0.6 is 0 Å². The first-order valence-electron chi connectivity index (χ1n) is 4.10. The van der Waals surface area contributed by atoms with Crippen LogP contribution in [0.4, 0.5) is 4.39 Å². The summed E-state index contributed by atoms with van der Waals surface area (Å²) in [7, 11) is 0. The molecule has 0 aromatic carbocycles. The predicted octanol–water partition coefficient (Wildman–Crippen LogP) is 1.58. The lowest BCUT2D eigenvalue weighted by Crippen LogP contribution is -2.34. The van der Waals surface area contributed by atoms with Crippen molar-refractivity contribution in [3.05, 3.63) is 0 Å². The third kappa shape index (κ3) is 0.782. The van der Waals surface area contributed by atoms with Crippen molar-refractivity contribution in [3.63, 3.8) is 0 Å². The highest BCUT2D eigenvalue weighted by atomic mass is 19.1. The highest BCUT2D eigenvalue weighted by molar-refractivity contribution is 5.00. The van der Waals surface area contributed by atoms with Gasteiger partial charge in [0.05, 0.1) is 0 Å². The van der Waals surface area contributed by atoms with E-state index in [2.05, 4.69) is 11.8 Å². The molecule has 0 bridgehead atoms. The molecule has 2 aliphatic rings. The number of fused-ring (bicyclic) bond motifs is 1. The molecule has 0 aromatic heterocycles. The lowest BCUT2D eigenvalue weighted by molar-refractivity contribution is 0.217. The molecule has 0 saturated carbocycles. The van der Waals surface area contributed by atoms with Gasteiger partial charge >= 0.3 is 0 Å². The van der Waals surface area contributed by atoms with Gasteiger partial charge in [0.25, 0.3) is 0 Å². The molecule has 2 saturated heterocycles. The van der Waals surface area contributed by atoms with Crippen molar-refractivity contribution in [2.45, 2.75) is 37.9 Å². The van der Waals surface area contributed by atoms with E-state index < -0.39 is 6.17 Å². The van der Waals surface area contributed by atoms with Crippen molar-refractivity contribution < 1.29 is 4.39 Å². The molecule has 2 heterocycles. The second-order valence-corrected chi connectivity index (χ2v) is 3.85. The van der Waals surface area contributed by atoms with Crippen LogP contribution in [-0.2, 0) is 0 Å². The van der Waals surface area contributed by atoms with Gasteiger partial charge in [-0.2, -0.15) is 0 Å². The Hall–Kier alpha value is -0.110. The van der Waals surface area contributed by atoms with E-state index >= 15 is 0 Å². The first kappa shape index (κ1) is 6.59. The summed E-state index contributed by atoms with van der Waals surface area (Å²) in [6.45, 7) is 4.01. The molecule has 2 fully saturated rings. The maximum Gasteiger partial charge on any atom is 0.115 e. The van der Waals surface area contributed by atoms with Gasteiger partial charge in [-0.25, -0.2) is 4.39 Å². The van der Waals surface area contributed by atoms with E-state index in [4.69, 9.17) is 0 Å². The topological polar surface area (TPSA) is 3.24 Å². The number of alkyl halides is 1. The van der Waals surface area contributed by atoms with Gasteiger partial charge in [-0.05, 0) is 32.7 Å². The highest BCUT2D eigenvalue weighted by Crippen LogP contribution is 2.39. The Labute approximate surface area is 61.2 Å². The summed E-state index contributed by atoms with van der Waals surface area (Å²) in [5, 5.41) is 0. The minimum absolute atomic E-state index is 0.236. The van der Waals surface area contributed by atoms with Crippen LogP contribution in [0.2, 0.25) is 0 Å². The maximum atomic E-state index is 12.8. The molecule has 2 atom stereocenters. The molecule has 0 unspecified atom stereocenters. The van der Waals surface area contributed by atoms with E-state index in [-0.39, 0.29) is 5.54 Å². The molecule has 10 heavy (non-hydrogen) atoms. The van der Waals surface area contributed by atoms with Crippen LogP contribution in [0.3, 0.4) is 0 Å². The minimum atomic E-state index is -0.551. The molecule has 2 aliphatic heterocycles. The summed E-state index contributed by atoms with van der Waals surface area (Å²) in [6.07, 6.45) is 2.69. The minimum Gasteiger partial charge on any atom is -0.295 e. The molecule has 0 aromatic rings. The van der Waals surface area contributed by atoms with E-state index in [1.807, 2.05) is 0 Å². The largest absolute Gasteiger partial charge is 0.295 e. The third-order valence-electron chi connectivity index (χ3n) is 2.99. The fraction of sp³-hybridized carbons (Fsp3) is 1.00. The van der Waals surface area contributed by atoms with E-state index in [0.717, 1.165) is 13.0 Å². The van der Waals surface area contributed by atoms with Gasteiger partial charge in [0, 0.05) is 12.1 Å². The summed E-state index contributed by atoms with van der Waals surface area (Å²) < 4.78 is 12.8. The standard InChI is InChI=1S/C8H14FN/c1-8-3-2-4-10(8)6-7(9)5-8/h7H,2-6H2,1H3/t7-,8-/m0/s1. The van der Waals surface area contributed by atoms with Crippen LogP contribution in [0, 0.1) is 0 Å². The van der Waals surface area contributed by atoms with Crippen molar-refractivity contribution in [1.82, 2.24) is 4.90 Å². The Balaban J connectivity index is 2.15. The molecular formula is C8H14FN. The summed E-state index contributed by atoms with van der Waals surface area (Å²) >= 11 is 0. The number of halogens is 1. The fourth-order valence-corrected chi connectivity index (χ4v) is 2.40. The first-order valence-corrected chi connectivity index (χ1v) is 4.10. The van der Waals surface area contributed by atoms with Crippen LogP contribution in [0.5, 0.6) is 0 Å². The molecule has 1 nitrogen and oxygen atoms in total. The van der Waals surface area contributed by atoms with Crippen LogP contribution in [0.15, 0.2) is 0 Å². The summed E-state index contributed by atoms with van der Waals surface area (Å²) in [5.41, 5.74) is 0.236. The Kier molecular flexibility index (Phi) is 1.28. The molecule has 0 N–H and O–H groups in total. The summed E-state index contributed by atoms with van der Waals surface area (Å²) in [4.78, 5) is 2.30. The normalized spacial score (nSPS) is 48.0. The van der Waals surface area contributed by atoms with Crippen LogP contribution in [0.1, 0.15) is 26.2 Å². The molecule has 0 radical (unpaired) electrons. The highest BCUT2D eigenvalue weighted by Gasteiger charge is 2.44. The Bertz CT molecular complexity index is 148. The Morgan fingerprint density at radius 1 is 1.60 bits per heavy atom. The predicted molar refractivity (Wildman–Crippen MR) is 38.7 cm³/mol. The summed E-state index contributed by atoms with van der Waals surface area (Å²) in [6, 6.07) is 0. The van der Waals surface area contributed by atoms with Crippen molar-refractivity contribution in [2.24, 2.45) is 0 Å². The molecule has 0 amide bonds. The second-order valence-electron chi connectivity index (χ2n) is 3.85. The third-order valence-corrected chi connectivity index (χ3v) is 2.99. The maximum absolute atomic E-state index is 12.8. The number of hydrogen-bond donors (Lipinski definition) is 0. The van der Waals surface area contributed by atoms with E-state index in [9.17, 15) is 4.39 Å². The molecule has 58 valence electrons. The Morgan fingerprint density at radius 3 is 3.10 bits per heavy atom. The molecule has 0 spiro atoms. The number of nitrogens with zero attached hydrogens (tertiary/aromatic N) is 1. The van der Waals surface area contributed by atoms with Gasteiger partial charge in [-0.1, -0.05) is 0 Å². The van der Waals surface area contributed by atoms with E-state index in [0.29, 0.717) is 6.54 Å². The van der Waals surface area contributed by atoms with Gasteiger partial charge in [0.2, 0.25) is 0 Å². The van der Waals surface area contributed by atoms with Gasteiger partial charge in [0.15, 0.2) is 0 Å². The SMILES string of the molecule is C[C@@]12CCCN1C[C@@H](F)C2. The molecule has 0 aliphatic carbocycles. The zero-order valence-electron chi connectivity index (χ0n) is 6.44. The lowest BCUT2D eigenvalue weighted by Gasteiger charge is -2.25. The zero-order chi connectivity index (χ0) is 7.19. The molecule has 2 heteroatoms. The van der Waals surface area contributed by atoms with E-state index in [1.54, 1.807) is 0 Å². The average molecular weight is 143 g/mol. The van der Waals surface area contributed by atoms with Gasteiger partial charge in [-0.15, -0.1) is 0 Å². The van der Waals surface area contributed by atoms with Gasteiger partial charge in [0.1, 0.15) is 6.17 Å². The van der Waals surface area contributed by atoms with Gasteiger partial charge < -0.3 is 0 Å². The van der Waals surface area contributed by atoms with Crippen LogP contribution in [0.25, 0.3) is 0 Å². The van der Waals surface area contributed by atoms with Crippen LogP contribution in [-0.4, -0.2) is 29.7 Å². The van der Waals surface area contributed by atoms with Crippen molar-refractivity contribution in [2.75, 3.05) is 13.1 Å².